The predicted octanol–water partition coefficient (Wildman–Crippen LogP) is 2.08. The fourth-order valence-electron chi connectivity index (χ4n) is 1.93. The van der Waals surface area contributed by atoms with Crippen molar-refractivity contribution < 1.29 is 22.4 Å². The molecule has 1 heterocycles. The summed E-state index contributed by atoms with van der Waals surface area (Å²) in [4.78, 5) is 24.0. The van der Waals surface area contributed by atoms with E-state index in [-0.39, 0.29) is 16.3 Å². The Bertz CT molecular complexity index is 931. The van der Waals surface area contributed by atoms with Crippen LogP contribution in [0.3, 0.4) is 0 Å². The summed E-state index contributed by atoms with van der Waals surface area (Å²) in [5.74, 6) is -1.72. The summed E-state index contributed by atoms with van der Waals surface area (Å²) >= 11 is 5.89. The van der Waals surface area contributed by atoms with Crippen molar-refractivity contribution >= 4 is 33.4 Å². The topological polar surface area (TPSA) is 118 Å². The molecule has 0 bridgehead atoms. The van der Waals surface area contributed by atoms with Crippen molar-refractivity contribution in [2.75, 3.05) is 0 Å². The van der Waals surface area contributed by atoms with Gasteiger partial charge in [0.25, 0.3) is 15.9 Å². The zero-order valence-corrected chi connectivity index (χ0v) is 15.9. The third-order valence-corrected chi connectivity index (χ3v) is 4.88. The largest absolute Gasteiger partial charge is 0.438 e. The van der Waals surface area contributed by atoms with Gasteiger partial charge in [0.05, 0.1) is 10.6 Å². The van der Waals surface area contributed by atoms with Crippen molar-refractivity contribution in [3.05, 3.63) is 52.7 Å². The SMILES string of the molecule is CC(C)(C)NS(=O)(=O)c1ccc(C(=O)NNC(=O)c2ccccc2Cl)o1. The average molecular weight is 400 g/mol. The number of carbonyl (C=O) groups excluding carboxylic acids is 2. The Labute approximate surface area is 155 Å². The molecule has 10 heteroatoms. The van der Waals surface area contributed by atoms with Gasteiger partial charge in [0.2, 0.25) is 5.09 Å². The Morgan fingerprint density at radius 1 is 1.00 bits per heavy atom. The highest BCUT2D eigenvalue weighted by Gasteiger charge is 2.26. The van der Waals surface area contributed by atoms with E-state index in [2.05, 4.69) is 15.6 Å². The fraction of sp³-hybridized carbons (Fsp3) is 0.250. The molecule has 0 fully saturated rings. The number of halogens is 1. The standard InChI is InChI=1S/C16H18ClN3O5S/c1-16(2,3)20-26(23,24)13-9-8-12(25-13)15(22)19-18-14(21)10-6-4-5-7-11(10)17/h4-9,20H,1-3H3,(H,18,21)(H,19,22). The van der Waals surface area contributed by atoms with Crippen molar-refractivity contribution in [2.24, 2.45) is 0 Å². The second-order valence-corrected chi connectivity index (χ2v) is 8.38. The quantitative estimate of drug-likeness (QED) is 0.680. The first-order chi connectivity index (χ1) is 12.0. The number of rotatable bonds is 4. The molecule has 26 heavy (non-hydrogen) atoms. The Morgan fingerprint density at radius 3 is 2.23 bits per heavy atom. The number of hydrogen-bond donors (Lipinski definition) is 3. The van der Waals surface area contributed by atoms with Crippen molar-refractivity contribution in [3.63, 3.8) is 0 Å². The van der Waals surface area contributed by atoms with Gasteiger partial charge in [-0.3, -0.25) is 20.4 Å². The minimum atomic E-state index is -3.91. The van der Waals surface area contributed by atoms with E-state index < -0.39 is 32.5 Å². The molecule has 0 atom stereocenters. The van der Waals surface area contributed by atoms with Gasteiger partial charge in [-0.2, -0.15) is 0 Å². The minimum absolute atomic E-state index is 0.173. The molecule has 0 aliphatic rings. The molecular formula is C16H18ClN3O5S. The molecule has 0 saturated carbocycles. The van der Waals surface area contributed by atoms with Crippen LogP contribution in [-0.2, 0) is 10.0 Å². The Balaban J connectivity index is 2.04. The van der Waals surface area contributed by atoms with Crippen molar-refractivity contribution in [3.8, 4) is 0 Å². The monoisotopic (exact) mass is 399 g/mol. The van der Waals surface area contributed by atoms with Gasteiger partial charge >= 0.3 is 5.91 Å². The zero-order valence-electron chi connectivity index (χ0n) is 14.3. The molecule has 3 N–H and O–H groups in total. The van der Waals surface area contributed by atoms with Crippen LogP contribution in [0.15, 0.2) is 45.9 Å². The van der Waals surface area contributed by atoms with Crippen molar-refractivity contribution in [1.82, 2.24) is 15.6 Å². The van der Waals surface area contributed by atoms with Gasteiger partial charge in [-0.05, 0) is 45.0 Å². The average Bonchev–Trinajstić information content (AvgIpc) is 3.01. The summed E-state index contributed by atoms with van der Waals surface area (Å²) in [5.41, 5.74) is 3.77. The van der Waals surface area contributed by atoms with E-state index in [4.69, 9.17) is 16.0 Å². The maximum Gasteiger partial charge on any atom is 0.305 e. The third-order valence-electron chi connectivity index (χ3n) is 2.92. The maximum absolute atomic E-state index is 12.2. The van der Waals surface area contributed by atoms with Crippen LogP contribution in [0.25, 0.3) is 0 Å². The smallest absolute Gasteiger partial charge is 0.305 e. The summed E-state index contributed by atoms with van der Waals surface area (Å²) in [6.07, 6.45) is 0. The zero-order chi connectivity index (χ0) is 19.5. The summed E-state index contributed by atoms with van der Waals surface area (Å²) in [5, 5.41) is -0.186. The van der Waals surface area contributed by atoms with Gasteiger partial charge in [0.1, 0.15) is 0 Å². The van der Waals surface area contributed by atoms with Crippen LogP contribution in [-0.4, -0.2) is 25.8 Å². The lowest BCUT2D eigenvalue weighted by Gasteiger charge is -2.18. The highest BCUT2D eigenvalue weighted by molar-refractivity contribution is 7.89. The molecule has 0 saturated heterocycles. The van der Waals surface area contributed by atoms with Crippen LogP contribution in [0.1, 0.15) is 41.7 Å². The van der Waals surface area contributed by atoms with Gasteiger partial charge in [0.15, 0.2) is 5.76 Å². The number of benzene rings is 1. The van der Waals surface area contributed by atoms with Gasteiger partial charge in [-0.1, -0.05) is 23.7 Å². The van der Waals surface area contributed by atoms with E-state index in [1.165, 1.54) is 18.2 Å². The lowest BCUT2D eigenvalue weighted by molar-refractivity contribution is 0.0827. The molecule has 0 aliphatic heterocycles. The number of hydrogen-bond acceptors (Lipinski definition) is 5. The van der Waals surface area contributed by atoms with E-state index in [9.17, 15) is 18.0 Å². The number of carbonyl (C=O) groups is 2. The van der Waals surface area contributed by atoms with Crippen LogP contribution in [0, 0.1) is 0 Å². The molecular weight excluding hydrogens is 382 g/mol. The molecule has 0 radical (unpaired) electrons. The molecule has 140 valence electrons. The molecule has 2 rings (SSSR count). The van der Waals surface area contributed by atoms with E-state index >= 15 is 0 Å². The van der Waals surface area contributed by atoms with E-state index in [1.54, 1.807) is 32.9 Å². The summed E-state index contributed by atoms with van der Waals surface area (Å²) in [6.45, 7) is 5.02. The number of amides is 2. The second-order valence-electron chi connectivity index (χ2n) is 6.36. The number of hydrazine groups is 1. The van der Waals surface area contributed by atoms with Crippen LogP contribution in [0.2, 0.25) is 5.02 Å². The van der Waals surface area contributed by atoms with Crippen molar-refractivity contribution in [2.45, 2.75) is 31.4 Å². The number of sulfonamides is 1. The molecule has 0 aliphatic carbocycles. The predicted molar refractivity (Wildman–Crippen MR) is 95.2 cm³/mol. The molecule has 2 aromatic rings. The molecule has 0 spiro atoms. The van der Waals surface area contributed by atoms with Crippen molar-refractivity contribution in [1.29, 1.82) is 0 Å². The molecule has 1 aromatic carbocycles. The maximum atomic E-state index is 12.2. The van der Waals surface area contributed by atoms with Crippen LogP contribution >= 0.6 is 11.6 Å². The number of nitrogens with one attached hydrogen (secondary N) is 3. The highest BCUT2D eigenvalue weighted by atomic mass is 35.5. The van der Waals surface area contributed by atoms with E-state index in [0.717, 1.165) is 6.07 Å². The summed E-state index contributed by atoms with van der Waals surface area (Å²) in [6, 6.07) is 8.64. The Hall–Kier alpha value is -2.36. The van der Waals surface area contributed by atoms with Gasteiger partial charge < -0.3 is 4.42 Å². The first-order valence-corrected chi connectivity index (χ1v) is 9.35. The second kappa shape index (κ2) is 7.48. The molecule has 0 unspecified atom stereocenters. The van der Waals surface area contributed by atoms with Crippen LogP contribution in [0.5, 0.6) is 0 Å². The van der Waals surface area contributed by atoms with Gasteiger partial charge in [-0.15, -0.1) is 0 Å². The Kier molecular flexibility index (Phi) is 5.74. The minimum Gasteiger partial charge on any atom is -0.438 e. The van der Waals surface area contributed by atoms with E-state index in [0.29, 0.717) is 0 Å². The fourth-order valence-corrected chi connectivity index (χ4v) is 3.50. The first-order valence-electron chi connectivity index (χ1n) is 7.49. The highest BCUT2D eigenvalue weighted by Crippen LogP contribution is 2.17. The first kappa shape index (κ1) is 20.0. The van der Waals surface area contributed by atoms with Gasteiger partial charge in [0, 0.05) is 5.54 Å². The number of furan rings is 1. The lowest BCUT2D eigenvalue weighted by atomic mass is 10.1. The Morgan fingerprint density at radius 2 is 1.62 bits per heavy atom. The lowest BCUT2D eigenvalue weighted by Crippen LogP contribution is -2.41. The van der Waals surface area contributed by atoms with E-state index in [1.807, 2.05) is 0 Å². The summed E-state index contributed by atoms with van der Waals surface area (Å²) in [7, 11) is -3.91. The van der Waals surface area contributed by atoms with Crippen LogP contribution < -0.4 is 15.6 Å². The summed E-state index contributed by atoms with van der Waals surface area (Å²) < 4.78 is 31.8. The van der Waals surface area contributed by atoms with Gasteiger partial charge in [-0.25, -0.2) is 13.1 Å². The normalized spacial score (nSPS) is 11.8. The molecule has 2 amide bonds. The molecule has 1 aromatic heterocycles. The molecule has 8 nitrogen and oxygen atoms in total. The van der Waals surface area contributed by atoms with Crippen LogP contribution in [0.4, 0.5) is 0 Å². The third kappa shape index (κ3) is 5.07.